The molecule has 3 rings (SSSR count). The molecule has 1 heterocycles. The Morgan fingerprint density at radius 3 is 2.52 bits per heavy atom. The smallest absolute Gasteiger partial charge is 0.209 e. The third kappa shape index (κ3) is 3.20. The summed E-state index contributed by atoms with van der Waals surface area (Å²) in [7, 11) is 0. The predicted molar refractivity (Wildman–Crippen MR) is 93.6 cm³/mol. The first-order valence-electron chi connectivity index (χ1n) is 8.59. The van der Waals surface area contributed by atoms with Crippen molar-refractivity contribution in [2.75, 3.05) is 13.1 Å². The van der Waals surface area contributed by atoms with Gasteiger partial charge in [-0.25, -0.2) is 4.99 Å². The second kappa shape index (κ2) is 6.47. The SMILES string of the molecule is CCN(CC)C1CCc2ccc(C3(N)N=C(N)NN3)cc2CC1. The average molecular weight is 316 g/mol. The summed E-state index contributed by atoms with van der Waals surface area (Å²) in [4.78, 5) is 6.85. The first-order chi connectivity index (χ1) is 11.1. The van der Waals surface area contributed by atoms with Gasteiger partial charge in [0.25, 0.3) is 0 Å². The highest BCUT2D eigenvalue weighted by Crippen LogP contribution is 2.28. The third-order valence-corrected chi connectivity index (χ3v) is 5.15. The van der Waals surface area contributed by atoms with E-state index in [1.807, 2.05) is 0 Å². The maximum absolute atomic E-state index is 6.31. The van der Waals surface area contributed by atoms with Gasteiger partial charge in [-0.05, 0) is 49.9 Å². The van der Waals surface area contributed by atoms with E-state index in [4.69, 9.17) is 11.5 Å². The van der Waals surface area contributed by atoms with Gasteiger partial charge >= 0.3 is 0 Å². The average Bonchev–Trinajstić information content (AvgIpc) is 2.78. The summed E-state index contributed by atoms with van der Waals surface area (Å²) in [6.45, 7) is 6.74. The summed E-state index contributed by atoms with van der Waals surface area (Å²) in [6.07, 6.45) is 4.65. The summed E-state index contributed by atoms with van der Waals surface area (Å²) in [5, 5.41) is 0. The topological polar surface area (TPSA) is 91.7 Å². The lowest BCUT2D eigenvalue weighted by atomic mass is 9.97. The molecule has 1 aliphatic carbocycles. The van der Waals surface area contributed by atoms with Gasteiger partial charge < -0.3 is 10.6 Å². The van der Waals surface area contributed by atoms with Crippen molar-refractivity contribution in [2.24, 2.45) is 16.5 Å². The molecule has 1 aromatic carbocycles. The summed E-state index contributed by atoms with van der Waals surface area (Å²) in [5.41, 5.74) is 21.5. The van der Waals surface area contributed by atoms with E-state index in [0.717, 1.165) is 31.5 Å². The molecule has 2 aliphatic rings. The lowest BCUT2D eigenvalue weighted by Crippen LogP contribution is -2.50. The standard InChI is InChI=1S/C17H28N6/c1-3-23(4-2)15-9-6-12-5-8-14(11-13(12)7-10-15)17(19)20-16(18)21-22-17/h5,8,11,15,22H,3-4,6-7,9-10,19H2,1-2H3,(H3,18,20,21). The zero-order valence-electron chi connectivity index (χ0n) is 14.1. The Morgan fingerprint density at radius 2 is 1.91 bits per heavy atom. The molecule has 0 amide bonds. The number of hydrogen-bond acceptors (Lipinski definition) is 6. The summed E-state index contributed by atoms with van der Waals surface area (Å²) >= 11 is 0. The number of hydrazine groups is 1. The molecule has 23 heavy (non-hydrogen) atoms. The molecular formula is C17H28N6. The molecular weight excluding hydrogens is 288 g/mol. The van der Waals surface area contributed by atoms with Gasteiger partial charge in [-0.3, -0.25) is 11.2 Å². The Labute approximate surface area is 138 Å². The Hall–Kier alpha value is -1.63. The molecule has 1 aliphatic heterocycles. The lowest BCUT2D eigenvalue weighted by molar-refractivity contribution is 0.199. The van der Waals surface area contributed by atoms with Crippen LogP contribution < -0.4 is 22.3 Å². The highest BCUT2D eigenvalue weighted by Gasteiger charge is 2.32. The Balaban J connectivity index is 1.81. The summed E-state index contributed by atoms with van der Waals surface area (Å²) in [6, 6.07) is 7.13. The van der Waals surface area contributed by atoms with Gasteiger partial charge in [-0.2, -0.15) is 5.43 Å². The van der Waals surface area contributed by atoms with E-state index in [9.17, 15) is 0 Å². The van der Waals surface area contributed by atoms with Gasteiger partial charge in [-0.15, -0.1) is 0 Å². The van der Waals surface area contributed by atoms with Crippen LogP contribution in [0.1, 0.15) is 43.4 Å². The summed E-state index contributed by atoms with van der Waals surface area (Å²) < 4.78 is 0. The number of nitrogens with two attached hydrogens (primary N) is 2. The molecule has 0 spiro atoms. The molecule has 6 N–H and O–H groups in total. The maximum atomic E-state index is 6.31. The fraction of sp³-hybridized carbons (Fsp3) is 0.588. The van der Waals surface area contributed by atoms with Gasteiger partial charge in [0, 0.05) is 11.6 Å². The van der Waals surface area contributed by atoms with Gasteiger partial charge in [0.2, 0.25) is 11.7 Å². The number of nitrogens with one attached hydrogen (secondary N) is 2. The van der Waals surface area contributed by atoms with E-state index in [2.05, 4.69) is 52.8 Å². The minimum atomic E-state index is -0.969. The van der Waals surface area contributed by atoms with Crippen molar-refractivity contribution in [3.8, 4) is 0 Å². The van der Waals surface area contributed by atoms with Crippen molar-refractivity contribution in [3.05, 3.63) is 34.9 Å². The van der Waals surface area contributed by atoms with Crippen LogP contribution in [0.4, 0.5) is 0 Å². The predicted octanol–water partition coefficient (Wildman–Crippen LogP) is 0.767. The van der Waals surface area contributed by atoms with Gasteiger partial charge in [0.15, 0.2) is 0 Å². The molecule has 1 aromatic rings. The molecule has 0 saturated carbocycles. The molecule has 2 unspecified atom stereocenters. The number of fused-ring (bicyclic) bond motifs is 1. The molecule has 2 atom stereocenters. The second-order valence-corrected chi connectivity index (χ2v) is 6.45. The molecule has 0 radical (unpaired) electrons. The number of benzene rings is 1. The first kappa shape index (κ1) is 16.2. The van der Waals surface area contributed by atoms with Crippen LogP contribution in [0.5, 0.6) is 0 Å². The number of aliphatic imine (C=N–C) groups is 1. The minimum absolute atomic E-state index is 0.323. The molecule has 6 nitrogen and oxygen atoms in total. The van der Waals surface area contributed by atoms with Gasteiger partial charge in [-0.1, -0.05) is 32.0 Å². The number of nitrogens with zero attached hydrogens (tertiary/aromatic N) is 2. The van der Waals surface area contributed by atoms with Gasteiger partial charge in [0.1, 0.15) is 0 Å². The Morgan fingerprint density at radius 1 is 1.22 bits per heavy atom. The number of guanidine groups is 1. The number of aryl methyl sites for hydroxylation is 2. The molecule has 0 fully saturated rings. The van der Waals surface area contributed by atoms with Crippen LogP contribution in [0.3, 0.4) is 0 Å². The Bertz CT molecular complexity index is 595. The quantitative estimate of drug-likeness (QED) is 0.616. The van der Waals surface area contributed by atoms with Crippen molar-refractivity contribution in [1.29, 1.82) is 0 Å². The van der Waals surface area contributed by atoms with E-state index >= 15 is 0 Å². The highest BCUT2D eigenvalue weighted by atomic mass is 15.6. The fourth-order valence-electron chi connectivity index (χ4n) is 3.78. The van der Waals surface area contributed by atoms with Crippen molar-refractivity contribution in [3.63, 3.8) is 0 Å². The summed E-state index contributed by atoms with van der Waals surface area (Å²) in [5.74, 6) is -0.645. The molecule has 126 valence electrons. The van der Waals surface area contributed by atoms with Crippen molar-refractivity contribution in [1.82, 2.24) is 15.8 Å². The van der Waals surface area contributed by atoms with Crippen LogP contribution in [0.15, 0.2) is 23.2 Å². The van der Waals surface area contributed by atoms with E-state index in [1.165, 1.54) is 24.0 Å². The number of hydrogen-bond donors (Lipinski definition) is 4. The van der Waals surface area contributed by atoms with Crippen LogP contribution in [0, 0.1) is 0 Å². The third-order valence-electron chi connectivity index (χ3n) is 5.15. The zero-order chi connectivity index (χ0) is 16.4. The fourth-order valence-corrected chi connectivity index (χ4v) is 3.78. The van der Waals surface area contributed by atoms with Crippen LogP contribution in [0.25, 0.3) is 0 Å². The molecule has 0 saturated heterocycles. The molecule has 6 heteroatoms. The molecule has 0 aromatic heterocycles. The maximum Gasteiger partial charge on any atom is 0.209 e. The highest BCUT2D eigenvalue weighted by molar-refractivity contribution is 5.79. The largest absolute Gasteiger partial charge is 0.369 e. The van der Waals surface area contributed by atoms with Crippen molar-refractivity contribution >= 4 is 5.96 Å². The van der Waals surface area contributed by atoms with Crippen molar-refractivity contribution < 1.29 is 0 Å². The first-order valence-corrected chi connectivity index (χ1v) is 8.59. The monoisotopic (exact) mass is 316 g/mol. The second-order valence-electron chi connectivity index (χ2n) is 6.45. The van der Waals surface area contributed by atoms with Crippen LogP contribution in [-0.4, -0.2) is 30.0 Å². The van der Waals surface area contributed by atoms with E-state index in [-0.39, 0.29) is 0 Å². The van der Waals surface area contributed by atoms with Gasteiger partial charge in [0.05, 0.1) is 0 Å². The lowest BCUT2D eigenvalue weighted by Gasteiger charge is -2.28. The van der Waals surface area contributed by atoms with Crippen LogP contribution >= 0.6 is 0 Å². The normalized spacial score (nSPS) is 27.3. The molecule has 0 bridgehead atoms. The van der Waals surface area contributed by atoms with Crippen molar-refractivity contribution in [2.45, 2.75) is 51.4 Å². The van der Waals surface area contributed by atoms with Crippen LogP contribution in [-0.2, 0) is 18.6 Å². The minimum Gasteiger partial charge on any atom is -0.369 e. The van der Waals surface area contributed by atoms with E-state index in [0.29, 0.717) is 12.0 Å². The Kier molecular flexibility index (Phi) is 4.57. The number of rotatable bonds is 4. The van der Waals surface area contributed by atoms with E-state index < -0.39 is 5.79 Å². The van der Waals surface area contributed by atoms with E-state index in [1.54, 1.807) is 0 Å². The zero-order valence-corrected chi connectivity index (χ0v) is 14.1. The van der Waals surface area contributed by atoms with Crippen LogP contribution in [0.2, 0.25) is 0 Å².